The molecule has 1 fully saturated rings. The fraction of sp³-hybridized carbons (Fsp3) is 0.750. The largest absolute Gasteiger partial charge is 0.481 e. The van der Waals surface area contributed by atoms with Crippen LogP contribution in [0.15, 0.2) is 0 Å². The number of rotatable bonds is 8. The van der Waals surface area contributed by atoms with Gasteiger partial charge in [-0.1, -0.05) is 13.8 Å². The number of likely N-dealkylation sites (tertiary alicyclic amines) is 1. The number of carboxylic acids is 1. The van der Waals surface area contributed by atoms with E-state index in [0.717, 1.165) is 43.7 Å². The molecule has 0 spiro atoms. The molecule has 2 rings (SSSR count). The van der Waals surface area contributed by atoms with Crippen LogP contribution in [0.1, 0.15) is 69.3 Å². The van der Waals surface area contributed by atoms with Gasteiger partial charge in [-0.25, -0.2) is 0 Å². The standard InChI is InChI=1S/C20H33N3O3/c1-14(2)13-23-16(4)18(15(3)21-23)9-10-19(24)22-12-6-5-7-17(22)8-11-20(25)26/h14,17H,5-13H2,1-4H3,(H,25,26). The molecule has 0 aromatic carbocycles. The summed E-state index contributed by atoms with van der Waals surface area (Å²) in [4.78, 5) is 25.6. The van der Waals surface area contributed by atoms with E-state index < -0.39 is 5.97 Å². The van der Waals surface area contributed by atoms with Gasteiger partial charge in [-0.3, -0.25) is 14.3 Å². The van der Waals surface area contributed by atoms with E-state index in [1.807, 2.05) is 11.8 Å². The van der Waals surface area contributed by atoms with Crippen molar-refractivity contribution in [3.8, 4) is 0 Å². The van der Waals surface area contributed by atoms with Crippen LogP contribution in [0.25, 0.3) is 0 Å². The van der Waals surface area contributed by atoms with Gasteiger partial charge in [0, 0.05) is 37.7 Å². The summed E-state index contributed by atoms with van der Waals surface area (Å²) in [5, 5.41) is 13.6. The van der Waals surface area contributed by atoms with Crippen LogP contribution in [0.3, 0.4) is 0 Å². The highest BCUT2D eigenvalue weighted by atomic mass is 16.4. The summed E-state index contributed by atoms with van der Waals surface area (Å²) >= 11 is 0. The average molecular weight is 364 g/mol. The first-order valence-corrected chi connectivity index (χ1v) is 9.83. The topological polar surface area (TPSA) is 75.4 Å². The van der Waals surface area contributed by atoms with Gasteiger partial charge >= 0.3 is 5.97 Å². The first kappa shape index (κ1) is 20.5. The quantitative estimate of drug-likeness (QED) is 0.769. The number of carbonyl (C=O) groups excluding carboxylic acids is 1. The number of hydrogen-bond acceptors (Lipinski definition) is 3. The zero-order valence-corrected chi connectivity index (χ0v) is 16.6. The number of aromatic nitrogens is 2. The van der Waals surface area contributed by atoms with E-state index in [-0.39, 0.29) is 18.4 Å². The van der Waals surface area contributed by atoms with Crippen molar-refractivity contribution < 1.29 is 14.7 Å². The van der Waals surface area contributed by atoms with Crippen LogP contribution >= 0.6 is 0 Å². The van der Waals surface area contributed by atoms with Gasteiger partial charge in [-0.15, -0.1) is 0 Å². The number of carbonyl (C=O) groups is 2. The highest BCUT2D eigenvalue weighted by Gasteiger charge is 2.27. The summed E-state index contributed by atoms with van der Waals surface area (Å²) in [6.45, 7) is 10.1. The number of amides is 1. The smallest absolute Gasteiger partial charge is 0.303 e. The minimum absolute atomic E-state index is 0.0817. The van der Waals surface area contributed by atoms with E-state index in [2.05, 4.69) is 30.6 Å². The van der Waals surface area contributed by atoms with Gasteiger partial charge in [-0.05, 0) is 57.4 Å². The predicted octanol–water partition coefficient (Wildman–Crippen LogP) is 3.33. The van der Waals surface area contributed by atoms with Crippen LogP contribution < -0.4 is 0 Å². The normalized spacial score (nSPS) is 17.7. The Hall–Kier alpha value is -1.85. The summed E-state index contributed by atoms with van der Waals surface area (Å²) in [5.74, 6) is -0.104. The van der Waals surface area contributed by atoms with Crippen molar-refractivity contribution >= 4 is 11.9 Å². The molecule has 1 N–H and O–H groups in total. The van der Waals surface area contributed by atoms with Crippen molar-refractivity contribution in [2.45, 2.75) is 85.2 Å². The highest BCUT2D eigenvalue weighted by molar-refractivity contribution is 5.77. The van der Waals surface area contributed by atoms with Crippen LogP contribution in [0.4, 0.5) is 0 Å². The van der Waals surface area contributed by atoms with Gasteiger partial charge in [0.1, 0.15) is 0 Å². The fourth-order valence-corrected chi connectivity index (χ4v) is 3.91. The van der Waals surface area contributed by atoms with E-state index >= 15 is 0 Å². The lowest BCUT2D eigenvalue weighted by atomic mass is 9.97. The molecule has 6 nitrogen and oxygen atoms in total. The zero-order chi connectivity index (χ0) is 19.3. The Kier molecular flexibility index (Phi) is 7.23. The zero-order valence-electron chi connectivity index (χ0n) is 16.6. The van der Waals surface area contributed by atoms with Crippen LogP contribution in [-0.4, -0.2) is 44.3 Å². The highest BCUT2D eigenvalue weighted by Crippen LogP contribution is 2.23. The minimum Gasteiger partial charge on any atom is -0.481 e. The first-order chi connectivity index (χ1) is 12.3. The summed E-state index contributed by atoms with van der Waals surface area (Å²) < 4.78 is 2.05. The van der Waals surface area contributed by atoms with Crippen molar-refractivity contribution in [1.29, 1.82) is 0 Å². The van der Waals surface area contributed by atoms with Crippen LogP contribution in [-0.2, 0) is 22.6 Å². The molecule has 1 aromatic rings. The molecule has 1 amide bonds. The minimum atomic E-state index is -0.785. The monoisotopic (exact) mass is 363 g/mol. The molecule has 0 bridgehead atoms. The van der Waals surface area contributed by atoms with E-state index in [0.29, 0.717) is 25.2 Å². The van der Waals surface area contributed by atoms with Gasteiger partial charge in [-0.2, -0.15) is 5.10 Å². The Labute approximate surface area is 156 Å². The summed E-state index contributed by atoms with van der Waals surface area (Å²) in [6.07, 6.45) is 4.88. The van der Waals surface area contributed by atoms with Gasteiger partial charge in [0.25, 0.3) is 0 Å². The molecule has 2 heterocycles. The van der Waals surface area contributed by atoms with E-state index in [1.165, 1.54) is 5.56 Å². The lowest BCUT2D eigenvalue weighted by molar-refractivity contribution is -0.140. The summed E-state index contributed by atoms with van der Waals surface area (Å²) in [6, 6.07) is 0.0817. The third kappa shape index (κ3) is 5.32. The van der Waals surface area contributed by atoms with Crippen molar-refractivity contribution in [3.63, 3.8) is 0 Å². The molecule has 1 aliphatic heterocycles. The van der Waals surface area contributed by atoms with Gasteiger partial charge in [0.05, 0.1) is 5.69 Å². The van der Waals surface area contributed by atoms with E-state index in [1.54, 1.807) is 0 Å². The van der Waals surface area contributed by atoms with E-state index in [9.17, 15) is 9.59 Å². The van der Waals surface area contributed by atoms with Crippen molar-refractivity contribution in [1.82, 2.24) is 14.7 Å². The third-order valence-electron chi connectivity index (χ3n) is 5.30. The Morgan fingerprint density at radius 2 is 1.96 bits per heavy atom. The summed E-state index contributed by atoms with van der Waals surface area (Å²) in [7, 11) is 0. The second-order valence-corrected chi connectivity index (χ2v) is 7.89. The second kappa shape index (κ2) is 9.19. The number of aliphatic carboxylic acids is 1. The molecule has 6 heteroatoms. The maximum absolute atomic E-state index is 12.8. The van der Waals surface area contributed by atoms with Crippen LogP contribution in [0.2, 0.25) is 0 Å². The molecule has 1 saturated heterocycles. The molecule has 1 aliphatic rings. The van der Waals surface area contributed by atoms with Gasteiger partial charge in [0.15, 0.2) is 0 Å². The molecular weight excluding hydrogens is 330 g/mol. The molecule has 0 saturated carbocycles. The second-order valence-electron chi connectivity index (χ2n) is 7.89. The number of nitrogens with zero attached hydrogens (tertiary/aromatic N) is 3. The lowest BCUT2D eigenvalue weighted by Gasteiger charge is -2.35. The third-order valence-corrected chi connectivity index (χ3v) is 5.30. The van der Waals surface area contributed by atoms with Crippen LogP contribution in [0, 0.1) is 19.8 Å². The number of hydrogen-bond donors (Lipinski definition) is 1. The van der Waals surface area contributed by atoms with Crippen molar-refractivity contribution in [3.05, 3.63) is 17.0 Å². The molecule has 26 heavy (non-hydrogen) atoms. The van der Waals surface area contributed by atoms with E-state index in [4.69, 9.17) is 5.11 Å². The first-order valence-electron chi connectivity index (χ1n) is 9.83. The number of carboxylic acid groups (broad SMARTS) is 1. The average Bonchev–Trinajstić information content (AvgIpc) is 2.84. The molecule has 0 aliphatic carbocycles. The Bertz CT molecular complexity index is 636. The Morgan fingerprint density at radius 1 is 1.23 bits per heavy atom. The lowest BCUT2D eigenvalue weighted by Crippen LogP contribution is -2.44. The SMILES string of the molecule is Cc1nn(CC(C)C)c(C)c1CCC(=O)N1CCCCC1CCC(=O)O. The predicted molar refractivity (Wildman–Crippen MR) is 101 cm³/mol. The molecule has 1 unspecified atom stereocenters. The van der Waals surface area contributed by atoms with Gasteiger partial charge < -0.3 is 10.0 Å². The van der Waals surface area contributed by atoms with Crippen LogP contribution in [0.5, 0.6) is 0 Å². The molecular formula is C20H33N3O3. The summed E-state index contributed by atoms with van der Waals surface area (Å²) in [5.41, 5.74) is 3.35. The van der Waals surface area contributed by atoms with Crippen molar-refractivity contribution in [2.75, 3.05) is 6.54 Å². The van der Waals surface area contributed by atoms with Gasteiger partial charge in [0.2, 0.25) is 5.91 Å². The number of aryl methyl sites for hydroxylation is 1. The molecule has 1 atom stereocenters. The molecule has 146 valence electrons. The maximum atomic E-state index is 12.8. The fourth-order valence-electron chi connectivity index (χ4n) is 3.91. The maximum Gasteiger partial charge on any atom is 0.303 e. The molecule has 0 radical (unpaired) electrons. The Morgan fingerprint density at radius 3 is 2.62 bits per heavy atom. The Balaban J connectivity index is 1.98. The van der Waals surface area contributed by atoms with Crippen molar-refractivity contribution in [2.24, 2.45) is 5.92 Å². The number of piperidine rings is 1. The molecule has 1 aromatic heterocycles.